The highest BCUT2D eigenvalue weighted by Gasteiger charge is 2.54. The Kier molecular flexibility index (Phi) is 4.92. The zero-order valence-corrected chi connectivity index (χ0v) is 15.3. The third-order valence-corrected chi connectivity index (χ3v) is 6.99. The summed E-state index contributed by atoms with van der Waals surface area (Å²) in [6.07, 6.45) is 3.56. The number of methoxy groups -OCH3 is 2. The first kappa shape index (κ1) is 18.0. The quantitative estimate of drug-likeness (QED) is 0.755. The van der Waals surface area contributed by atoms with Gasteiger partial charge in [0.1, 0.15) is 28.5 Å². The molecule has 1 spiro atoms. The summed E-state index contributed by atoms with van der Waals surface area (Å²) in [6.45, 7) is 0.209. The average Bonchev–Trinajstić information content (AvgIpc) is 2.64. The minimum Gasteiger partial charge on any atom is -0.497 e. The van der Waals surface area contributed by atoms with Crippen LogP contribution in [0.1, 0.15) is 32.1 Å². The summed E-state index contributed by atoms with van der Waals surface area (Å²) >= 11 is 0. The highest BCUT2D eigenvalue weighted by Crippen LogP contribution is 2.42. The molecule has 7 nitrogen and oxygen atoms in total. The van der Waals surface area contributed by atoms with Crippen molar-refractivity contribution in [3.05, 3.63) is 18.2 Å². The Bertz CT molecular complexity index is 754. The van der Waals surface area contributed by atoms with E-state index in [1.807, 2.05) is 0 Å². The highest BCUT2D eigenvalue weighted by molar-refractivity contribution is 7.89. The molecule has 0 N–H and O–H groups in total. The second-order valence-corrected chi connectivity index (χ2v) is 8.15. The Labute approximate surface area is 147 Å². The van der Waals surface area contributed by atoms with Crippen LogP contribution < -0.4 is 9.47 Å². The van der Waals surface area contributed by atoms with Crippen molar-refractivity contribution in [1.29, 1.82) is 0 Å². The molecule has 1 saturated carbocycles. The molecule has 138 valence electrons. The minimum atomic E-state index is -3.95. The third kappa shape index (κ3) is 2.97. The molecular formula is C17H23NO6S. The number of carbonyl (C=O) groups excluding carboxylic acids is 1. The number of carbonyl (C=O) groups is 1. The van der Waals surface area contributed by atoms with E-state index in [2.05, 4.69) is 0 Å². The van der Waals surface area contributed by atoms with Crippen LogP contribution in [-0.2, 0) is 19.6 Å². The van der Waals surface area contributed by atoms with E-state index in [0.717, 1.165) is 19.3 Å². The number of benzene rings is 1. The van der Waals surface area contributed by atoms with Crippen molar-refractivity contribution in [3.8, 4) is 11.5 Å². The maximum absolute atomic E-state index is 13.4. The Morgan fingerprint density at radius 2 is 1.84 bits per heavy atom. The van der Waals surface area contributed by atoms with E-state index in [1.54, 1.807) is 12.1 Å². The number of morpholine rings is 1. The predicted octanol–water partition coefficient (Wildman–Crippen LogP) is 1.95. The van der Waals surface area contributed by atoms with Gasteiger partial charge in [-0.1, -0.05) is 19.3 Å². The second-order valence-electron chi connectivity index (χ2n) is 6.32. The van der Waals surface area contributed by atoms with Gasteiger partial charge >= 0.3 is 5.97 Å². The Morgan fingerprint density at radius 1 is 1.12 bits per heavy atom. The van der Waals surface area contributed by atoms with Crippen LogP contribution in [0.25, 0.3) is 0 Å². The van der Waals surface area contributed by atoms with E-state index in [0.29, 0.717) is 18.6 Å². The van der Waals surface area contributed by atoms with Gasteiger partial charge in [-0.25, -0.2) is 8.42 Å². The van der Waals surface area contributed by atoms with E-state index >= 15 is 0 Å². The molecule has 1 aromatic carbocycles. The molecule has 3 rings (SSSR count). The first-order chi connectivity index (χ1) is 12.0. The van der Waals surface area contributed by atoms with Crippen molar-refractivity contribution in [1.82, 2.24) is 4.31 Å². The number of ether oxygens (including phenoxy) is 3. The zero-order chi connectivity index (χ0) is 18.1. The van der Waals surface area contributed by atoms with Crippen LogP contribution >= 0.6 is 0 Å². The topological polar surface area (TPSA) is 82.1 Å². The maximum atomic E-state index is 13.4. The summed E-state index contributed by atoms with van der Waals surface area (Å²) in [4.78, 5) is 12.6. The van der Waals surface area contributed by atoms with E-state index in [-0.39, 0.29) is 23.8 Å². The van der Waals surface area contributed by atoms with Crippen molar-refractivity contribution in [2.75, 3.05) is 27.4 Å². The summed E-state index contributed by atoms with van der Waals surface area (Å²) in [7, 11) is -1.06. The van der Waals surface area contributed by atoms with Crippen LogP contribution in [0, 0.1) is 0 Å². The lowest BCUT2D eigenvalue weighted by Gasteiger charge is -2.45. The Morgan fingerprint density at radius 3 is 2.48 bits per heavy atom. The van der Waals surface area contributed by atoms with Crippen molar-refractivity contribution < 1.29 is 27.4 Å². The molecule has 25 heavy (non-hydrogen) atoms. The molecule has 0 aromatic heterocycles. The van der Waals surface area contributed by atoms with Crippen LogP contribution in [0.5, 0.6) is 11.5 Å². The summed E-state index contributed by atoms with van der Waals surface area (Å²) in [5.41, 5.74) is -1.11. The van der Waals surface area contributed by atoms with Gasteiger partial charge in [0.25, 0.3) is 0 Å². The standard InChI is InChI=1S/C17H23NO6S/c1-22-13-6-7-14(23-2)15(12-13)25(20,21)18-10-11-24-16(19)17(18)8-4-3-5-9-17/h6-7,12H,3-5,8-11H2,1-2H3. The molecule has 2 aliphatic rings. The van der Waals surface area contributed by atoms with Gasteiger partial charge in [-0.3, -0.25) is 4.79 Å². The molecule has 0 unspecified atom stereocenters. The number of cyclic esters (lactones) is 1. The maximum Gasteiger partial charge on any atom is 0.327 e. The summed E-state index contributed by atoms with van der Waals surface area (Å²) in [5.74, 6) is 0.200. The first-order valence-electron chi connectivity index (χ1n) is 8.38. The fourth-order valence-corrected chi connectivity index (χ4v) is 5.66. The first-order valence-corrected chi connectivity index (χ1v) is 9.82. The van der Waals surface area contributed by atoms with Crippen LogP contribution in [0.3, 0.4) is 0 Å². The van der Waals surface area contributed by atoms with Crippen molar-refractivity contribution in [3.63, 3.8) is 0 Å². The molecule has 0 radical (unpaired) electrons. The summed E-state index contributed by atoms with van der Waals surface area (Å²) in [6, 6.07) is 4.63. The zero-order valence-electron chi connectivity index (χ0n) is 14.5. The van der Waals surface area contributed by atoms with E-state index < -0.39 is 21.5 Å². The number of sulfonamides is 1. The monoisotopic (exact) mass is 369 g/mol. The smallest absolute Gasteiger partial charge is 0.327 e. The Balaban J connectivity index is 2.10. The summed E-state index contributed by atoms with van der Waals surface area (Å²) in [5, 5.41) is 0. The van der Waals surface area contributed by atoms with Gasteiger partial charge in [-0.05, 0) is 25.0 Å². The molecule has 1 aliphatic heterocycles. The molecule has 0 bridgehead atoms. The summed E-state index contributed by atoms with van der Waals surface area (Å²) < 4.78 is 43.8. The second kappa shape index (κ2) is 6.84. The SMILES string of the molecule is COc1ccc(OC)c(S(=O)(=O)N2CCOC(=O)C23CCCCC3)c1. The highest BCUT2D eigenvalue weighted by atomic mass is 32.2. The molecule has 1 aromatic rings. The van der Waals surface area contributed by atoms with Gasteiger partial charge < -0.3 is 14.2 Å². The van der Waals surface area contributed by atoms with Crippen LogP contribution in [0.4, 0.5) is 0 Å². The number of hydrogen-bond acceptors (Lipinski definition) is 6. The van der Waals surface area contributed by atoms with Crippen LogP contribution in [0.2, 0.25) is 0 Å². The predicted molar refractivity (Wildman–Crippen MR) is 90.2 cm³/mol. The van der Waals surface area contributed by atoms with Crippen LogP contribution in [0.15, 0.2) is 23.1 Å². The van der Waals surface area contributed by atoms with Gasteiger partial charge in [-0.15, -0.1) is 0 Å². The van der Waals surface area contributed by atoms with E-state index in [4.69, 9.17) is 14.2 Å². The number of hydrogen-bond donors (Lipinski definition) is 0. The van der Waals surface area contributed by atoms with Gasteiger partial charge in [0.05, 0.1) is 14.2 Å². The van der Waals surface area contributed by atoms with Gasteiger partial charge in [0.2, 0.25) is 10.0 Å². The Hall–Kier alpha value is -1.80. The minimum absolute atomic E-state index is 0.00833. The number of nitrogens with zero attached hydrogens (tertiary/aromatic N) is 1. The fraction of sp³-hybridized carbons (Fsp3) is 0.588. The molecule has 8 heteroatoms. The third-order valence-electron chi connectivity index (χ3n) is 5.00. The normalized spacial score (nSPS) is 21.0. The van der Waals surface area contributed by atoms with E-state index in [1.165, 1.54) is 24.6 Å². The number of esters is 1. The van der Waals surface area contributed by atoms with Crippen molar-refractivity contribution in [2.24, 2.45) is 0 Å². The van der Waals surface area contributed by atoms with Crippen LogP contribution in [-0.4, -0.2) is 51.6 Å². The lowest BCUT2D eigenvalue weighted by molar-refractivity contribution is -0.165. The molecule has 1 heterocycles. The fourth-order valence-electron chi connectivity index (χ4n) is 3.72. The average molecular weight is 369 g/mol. The lowest BCUT2D eigenvalue weighted by atomic mass is 9.81. The van der Waals surface area contributed by atoms with Gasteiger partial charge in [-0.2, -0.15) is 4.31 Å². The van der Waals surface area contributed by atoms with Gasteiger partial charge in [0.15, 0.2) is 0 Å². The molecule has 0 amide bonds. The molecule has 0 atom stereocenters. The molecular weight excluding hydrogens is 346 g/mol. The van der Waals surface area contributed by atoms with Crippen molar-refractivity contribution in [2.45, 2.75) is 42.5 Å². The molecule has 2 fully saturated rings. The largest absolute Gasteiger partial charge is 0.497 e. The van der Waals surface area contributed by atoms with Gasteiger partial charge in [0, 0.05) is 12.6 Å². The van der Waals surface area contributed by atoms with Crippen molar-refractivity contribution >= 4 is 16.0 Å². The molecule has 1 aliphatic carbocycles. The lowest BCUT2D eigenvalue weighted by Crippen LogP contribution is -2.62. The number of rotatable bonds is 4. The molecule has 1 saturated heterocycles. The van der Waals surface area contributed by atoms with E-state index in [9.17, 15) is 13.2 Å².